The minimum absolute atomic E-state index is 0.00772. The first-order valence-electron chi connectivity index (χ1n) is 9.88. The largest absolute Gasteiger partial charge is 0.507 e. The molecule has 0 amide bonds. The van der Waals surface area contributed by atoms with E-state index in [-0.39, 0.29) is 28.9 Å². The lowest BCUT2D eigenvalue weighted by Gasteiger charge is -2.31. The Balaban J connectivity index is 2.54. The zero-order valence-corrected chi connectivity index (χ0v) is 16.7. The standard InChI is InChI=1S/C23H32O4/c1-5-6-7-8-17-13-19(24)21(22(25)20(17)23(26)27)18-12-15(4)9-10-16(18)11-14(2)3/h12-13,16,18,24-25H,2,5-11H2,1,3-4H3,(H,26,27)/t16-,18+/m0/s1. The van der Waals surface area contributed by atoms with Gasteiger partial charge in [-0.15, -0.1) is 6.58 Å². The predicted octanol–water partition coefficient (Wildman–Crippen LogP) is 5.93. The molecule has 1 aliphatic carbocycles. The molecule has 1 aliphatic rings. The zero-order chi connectivity index (χ0) is 20.1. The number of phenolic OH excluding ortho intramolecular Hbond substituents is 1. The van der Waals surface area contributed by atoms with E-state index in [1.165, 1.54) is 5.57 Å². The number of hydrogen-bond acceptors (Lipinski definition) is 3. The maximum absolute atomic E-state index is 11.9. The molecular weight excluding hydrogens is 340 g/mol. The van der Waals surface area contributed by atoms with Gasteiger partial charge in [0, 0.05) is 11.5 Å². The minimum atomic E-state index is -1.15. The van der Waals surface area contributed by atoms with Crippen LogP contribution in [0.5, 0.6) is 11.5 Å². The monoisotopic (exact) mass is 372 g/mol. The van der Waals surface area contributed by atoms with Crippen LogP contribution in [-0.4, -0.2) is 21.3 Å². The number of carbonyl (C=O) groups is 1. The first kappa shape index (κ1) is 21.1. The molecule has 0 aromatic heterocycles. The van der Waals surface area contributed by atoms with E-state index in [0.717, 1.165) is 44.1 Å². The van der Waals surface area contributed by atoms with Crippen LogP contribution < -0.4 is 0 Å². The van der Waals surface area contributed by atoms with Gasteiger partial charge in [-0.2, -0.15) is 0 Å². The summed E-state index contributed by atoms with van der Waals surface area (Å²) in [5, 5.41) is 31.3. The molecule has 0 fully saturated rings. The average molecular weight is 373 g/mol. The summed E-state index contributed by atoms with van der Waals surface area (Å²) in [6.07, 6.45) is 8.11. The number of benzene rings is 1. The maximum Gasteiger partial charge on any atom is 0.339 e. The van der Waals surface area contributed by atoms with Crippen molar-refractivity contribution in [3.8, 4) is 11.5 Å². The molecule has 0 aliphatic heterocycles. The molecule has 27 heavy (non-hydrogen) atoms. The van der Waals surface area contributed by atoms with Crippen molar-refractivity contribution in [3.05, 3.63) is 46.6 Å². The first-order valence-corrected chi connectivity index (χ1v) is 9.88. The minimum Gasteiger partial charge on any atom is -0.507 e. The molecule has 1 aromatic carbocycles. The van der Waals surface area contributed by atoms with E-state index >= 15 is 0 Å². The van der Waals surface area contributed by atoms with Crippen molar-refractivity contribution in [1.82, 2.24) is 0 Å². The molecule has 0 radical (unpaired) electrons. The van der Waals surface area contributed by atoms with Gasteiger partial charge in [-0.3, -0.25) is 0 Å². The Bertz CT molecular complexity index is 745. The van der Waals surface area contributed by atoms with Crippen LogP contribution >= 0.6 is 0 Å². The number of hydrogen-bond donors (Lipinski definition) is 3. The summed E-state index contributed by atoms with van der Waals surface area (Å²) in [6, 6.07) is 1.55. The van der Waals surface area contributed by atoms with Crippen LogP contribution in [0.3, 0.4) is 0 Å². The van der Waals surface area contributed by atoms with Gasteiger partial charge in [-0.1, -0.05) is 37.0 Å². The van der Waals surface area contributed by atoms with Crippen LogP contribution in [-0.2, 0) is 6.42 Å². The molecular formula is C23H32O4. The van der Waals surface area contributed by atoms with Crippen molar-refractivity contribution < 1.29 is 20.1 Å². The summed E-state index contributed by atoms with van der Waals surface area (Å²) in [6.45, 7) is 10.1. The molecule has 0 saturated heterocycles. The van der Waals surface area contributed by atoms with Crippen LogP contribution in [0, 0.1) is 5.92 Å². The second-order valence-electron chi connectivity index (χ2n) is 7.95. The number of aromatic carboxylic acids is 1. The second-order valence-corrected chi connectivity index (χ2v) is 7.95. The Kier molecular flexibility index (Phi) is 7.11. The van der Waals surface area contributed by atoms with E-state index in [1.807, 2.05) is 13.8 Å². The van der Waals surface area contributed by atoms with Crippen molar-refractivity contribution in [1.29, 1.82) is 0 Å². The molecule has 0 spiro atoms. The lowest BCUT2D eigenvalue weighted by Crippen LogP contribution is -2.18. The molecule has 3 N–H and O–H groups in total. The number of carboxylic acid groups (broad SMARTS) is 1. The highest BCUT2D eigenvalue weighted by atomic mass is 16.4. The average Bonchev–Trinajstić information content (AvgIpc) is 2.56. The quantitative estimate of drug-likeness (QED) is 0.390. The summed E-state index contributed by atoms with van der Waals surface area (Å²) in [4.78, 5) is 11.9. The number of unbranched alkanes of at least 4 members (excludes halogenated alkanes) is 2. The molecule has 0 unspecified atom stereocenters. The topological polar surface area (TPSA) is 77.8 Å². The van der Waals surface area contributed by atoms with Gasteiger partial charge < -0.3 is 15.3 Å². The first-order chi connectivity index (χ1) is 12.8. The summed E-state index contributed by atoms with van der Waals surface area (Å²) in [5.41, 5.74) is 3.02. The van der Waals surface area contributed by atoms with E-state index in [0.29, 0.717) is 17.5 Å². The molecule has 2 atom stereocenters. The third-order valence-electron chi connectivity index (χ3n) is 5.49. The van der Waals surface area contributed by atoms with Gasteiger partial charge in [-0.05, 0) is 63.5 Å². The van der Waals surface area contributed by atoms with Crippen molar-refractivity contribution >= 4 is 5.97 Å². The lowest BCUT2D eigenvalue weighted by atomic mass is 9.73. The van der Waals surface area contributed by atoms with Gasteiger partial charge in [0.25, 0.3) is 0 Å². The Morgan fingerprint density at radius 1 is 1.30 bits per heavy atom. The Morgan fingerprint density at radius 3 is 2.59 bits per heavy atom. The smallest absolute Gasteiger partial charge is 0.339 e. The van der Waals surface area contributed by atoms with E-state index in [2.05, 4.69) is 19.6 Å². The number of carboxylic acids is 1. The number of allylic oxidation sites excluding steroid dienone is 3. The fourth-order valence-electron chi connectivity index (χ4n) is 4.17. The Hall–Kier alpha value is -2.23. The third kappa shape index (κ3) is 4.94. The molecule has 2 rings (SSSR count). The second kappa shape index (κ2) is 9.12. The van der Waals surface area contributed by atoms with Crippen LogP contribution in [0.1, 0.15) is 86.7 Å². The Labute approximate surface area is 162 Å². The van der Waals surface area contributed by atoms with Gasteiger partial charge in [0.2, 0.25) is 0 Å². The molecule has 148 valence electrons. The number of phenols is 2. The highest BCUT2D eigenvalue weighted by Crippen LogP contribution is 2.47. The van der Waals surface area contributed by atoms with E-state index in [1.54, 1.807) is 6.07 Å². The van der Waals surface area contributed by atoms with Crippen LogP contribution in [0.4, 0.5) is 0 Å². The van der Waals surface area contributed by atoms with E-state index < -0.39 is 5.97 Å². The number of aryl methyl sites for hydroxylation is 1. The molecule has 0 heterocycles. The van der Waals surface area contributed by atoms with Gasteiger partial charge in [0.1, 0.15) is 17.1 Å². The Morgan fingerprint density at radius 2 is 2.00 bits per heavy atom. The van der Waals surface area contributed by atoms with Gasteiger partial charge in [-0.25, -0.2) is 4.79 Å². The van der Waals surface area contributed by atoms with Crippen molar-refractivity contribution in [2.75, 3.05) is 0 Å². The molecule has 4 nitrogen and oxygen atoms in total. The van der Waals surface area contributed by atoms with E-state index in [4.69, 9.17) is 0 Å². The van der Waals surface area contributed by atoms with Crippen molar-refractivity contribution in [3.63, 3.8) is 0 Å². The highest BCUT2D eigenvalue weighted by molar-refractivity contribution is 5.94. The summed E-state index contributed by atoms with van der Waals surface area (Å²) in [7, 11) is 0. The zero-order valence-electron chi connectivity index (χ0n) is 16.7. The fourth-order valence-corrected chi connectivity index (χ4v) is 4.17. The predicted molar refractivity (Wildman–Crippen MR) is 109 cm³/mol. The fraction of sp³-hybridized carbons (Fsp3) is 0.522. The SMILES string of the molecule is C=C(C)C[C@@H]1CCC(C)=C[C@H]1c1c(O)cc(CCCCC)c(C(=O)O)c1O. The van der Waals surface area contributed by atoms with Gasteiger partial charge >= 0.3 is 5.97 Å². The van der Waals surface area contributed by atoms with Crippen LogP contribution in [0.25, 0.3) is 0 Å². The molecule has 0 bridgehead atoms. The van der Waals surface area contributed by atoms with Gasteiger partial charge in [0.15, 0.2) is 0 Å². The van der Waals surface area contributed by atoms with E-state index in [9.17, 15) is 20.1 Å². The third-order valence-corrected chi connectivity index (χ3v) is 5.49. The summed E-state index contributed by atoms with van der Waals surface area (Å²) < 4.78 is 0. The maximum atomic E-state index is 11.9. The molecule has 0 saturated carbocycles. The number of rotatable bonds is 8. The summed E-state index contributed by atoms with van der Waals surface area (Å²) >= 11 is 0. The van der Waals surface area contributed by atoms with Gasteiger partial charge in [0.05, 0.1) is 0 Å². The lowest BCUT2D eigenvalue weighted by molar-refractivity contribution is 0.0692. The summed E-state index contributed by atoms with van der Waals surface area (Å²) in [5.74, 6) is -1.45. The number of aromatic hydroxyl groups is 2. The van der Waals surface area contributed by atoms with Crippen LogP contribution in [0.15, 0.2) is 29.9 Å². The molecule has 1 aromatic rings. The van der Waals surface area contributed by atoms with Crippen LogP contribution in [0.2, 0.25) is 0 Å². The molecule has 4 heteroatoms. The van der Waals surface area contributed by atoms with Crippen molar-refractivity contribution in [2.24, 2.45) is 5.92 Å². The highest BCUT2D eigenvalue weighted by Gasteiger charge is 2.32. The normalized spacial score (nSPS) is 19.6. The van der Waals surface area contributed by atoms with Crippen molar-refractivity contribution in [2.45, 2.75) is 71.6 Å².